The molecule has 2 nitrogen and oxygen atoms in total. The van der Waals surface area contributed by atoms with Gasteiger partial charge in [0.1, 0.15) is 0 Å². The number of rotatable bonds is 3. The van der Waals surface area contributed by atoms with E-state index in [1.165, 1.54) is 95.0 Å². The van der Waals surface area contributed by atoms with Gasteiger partial charge in [-0.15, -0.1) is 0 Å². The van der Waals surface area contributed by atoms with Gasteiger partial charge in [0, 0.05) is 34.0 Å². The summed E-state index contributed by atoms with van der Waals surface area (Å²) >= 11 is 0. The van der Waals surface area contributed by atoms with Crippen LogP contribution < -0.4 is 26.2 Å². The summed E-state index contributed by atoms with van der Waals surface area (Å²) in [5.41, 5.74) is 22.0. The van der Waals surface area contributed by atoms with Gasteiger partial charge in [-0.2, -0.15) is 0 Å². The van der Waals surface area contributed by atoms with Crippen LogP contribution in [0.2, 0.25) is 0 Å². The van der Waals surface area contributed by atoms with Crippen molar-refractivity contribution in [3.63, 3.8) is 0 Å². The smallest absolute Gasteiger partial charge is 0.252 e. The average Bonchev–Trinajstić information content (AvgIpc) is 3.10. The van der Waals surface area contributed by atoms with Crippen LogP contribution in [0.1, 0.15) is 95.7 Å². The Kier molecular flexibility index (Phi) is 8.34. The van der Waals surface area contributed by atoms with Crippen molar-refractivity contribution in [2.75, 3.05) is 9.80 Å². The molecule has 0 unspecified atom stereocenters. The minimum atomic E-state index is 0.00769. The molecular weight excluding hydrogens is 651 g/mol. The highest BCUT2D eigenvalue weighted by atomic mass is 15.2. The van der Waals surface area contributed by atoms with E-state index in [1.54, 1.807) is 0 Å². The van der Waals surface area contributed by atoms with Crippen molar-refractivity contribution < 1.29 is 0 Å². The molecule has 6 aromatic rings. The topological polar surface area (TPSA) is 6.48 Å². The van der Waals surface area contributed by atoms with Gasteiger partial charge in [-0.1, -0.05) is 140 Å². The molecule has 0 amide bonds. The molecule has 0 bridgehead atoms. The van der Waals surface area contributed by atoms with Crippen LogP contribution in [0, 0.1) is 20.8 Å². The third kappa shape index (κ3) is 6.07. The van der Waals surface area contributed by atoms with Gasteiger partial charge in [0.25, 0.3) is 6.71 Å². The zero-order chi connectivity index (χ0) is 38.5. The van der Waals surface area contributed by atoms with Crippen LogP contribution >= 0.6 is 0 Å². The van der Waals surface area contributed by atoms with Gasteiger partial charge in [0.2, 0.25) is 0 Å². The Bertz CT molecular complexity index is 2410. The van der Waals surface area contributed by atoms with Crippen LogP contribution in [0.15, 0.2) is 115 Å². The molecule has 0 aliphatic carbocycles. The standard InChI is InChI=1S/C51H55BN2/c1-32-13-24-44-41(27-32)52-42-28-33(2)14-25-45(42)54(43-26-21-38(51(10,11)12)31-40(43)35-15-17-36(18-16-35)49(4,5)6)47-30-34(3)29-46(48(47)52)53(44)39-22-19-37(20-23-39)50(7,8)9/h13-31H,1-12H3. The molecule has 2 aliphatic heterocycles. The molecule has 0 saturated heterocycles. The first-order valence-electron chi connectivity index (χ1n) is 19.7. The lowest BCUT2D eigenvalue weighted by molar-refractivity contribution is 0.590. The van der Waals surface area contributed by atoms with Crippen LogP contribution in [-0.2, 0) is 16.2 Å². The summed E-state index contributed by atoms with van der Waals surface area (Å²) in [4.78, 5) is 5.11. The van der Waals surface area contributed by atoms with Gasteiger partial charge in [-0.3, -0.25) is 0 Å². The summed E-state index contributed by atoms with van der Waals surface area (Å²) < 4.78 is 0. The molecule has 8 rings (SSSR count). The van der Waals surface area contributed by atoms with Gasteiger partial charge in [0.15, 0.2) is 0 Å². The Morgan fingerprint density at radius 3 is 1.35 bits per heavy atom. The molecule has 54 heavy (non-hydrogen) atoms. The Morgan fingerprint density at radius 2 is 0.833 bits per heavy atom. The fraction of sp³-hybridized carbons (Fsp3) is 0.294. The molecule has 0 N–H and O–H groups in total. The van der Waals surface area contributed by atoms with Crippen LogP contribution in [0.5, 0.6) is 0 Å². The maximum Gasteiger partial charge on any atom is 0.252 e. The minimum absolute atomic E-state index is 0.00769. The maximum absolute atomic E-state index is 2.58. The van der Waals surface area contributed by atoms with E-state index in [0.717, 1.165) is 0 Å². The molecule has 0 radical (unpaired) electrons. The van der Waals surface area contributed by atoms with Gasteiger partial charge < -0.3 is 9.80 Å². The van der Waals surface area contributed by atoms with E-state index in [-0.39, 0.29) is 23.0 Å². The summed E-state index contributed by atoms with van der Waals surface area (Å²) in [7, 11) is 0. The fourth-order valence-corrected chi connectivity index (χ4v) is 8.61. The number of nitrogens with zero attached hydrogens (tertiary/aromatic N) is 2. The minimum Gasteiger partial charge on any atom is -0.311 e. The van der Waals surface area contributed by atoms with Gasteiger partial charge >= 0.3 is 0 Å². The van der Waals surface area contributed by atoms with Crippen molar-refractivity contribution in [1.29, 1.82) is 0 Å². The number of hydrogen-bond donors (Lipinski definition) is 0. The Morgan fingerprint density at radius 1 is 0.389 bits per heavy atom. The molecule has 0 atom stereocenters. The van der Waals surface area contributed by atoms with Crippen LogP contribution in [0.4, 0.5) is 34.1 Å². The maximum atomic E-state index is 2.58. The largest absolute Gasteiger partial charge is 0.311 e. The molecule has 0 fully saturated rings. The number of hydrogen-bond acceptors (Lipinski definition) is 2. The van der Waals surface area contributed by atoms with Crippen LogP contribution in [-0.4, -0.2) is 6.71 Å². The second-order valence-corrected chi connectivity index (χ2v) is 19.1. The molecular formula is C51H55BN2. The van der Waals surface area contributed by atoms with Crippen LogP contribution in [0.3, 0.4) is 0 Å². The molecule has 0 spiro atoms. The second-order valence-electron chi connectivity index (χ2n) is 19.1. The highest BCUT2D eigenvalue weighted by Crippen LogP contribution is 2.48. The summed E-state index contributed by atoms with van der Waals surface area (Å²) in [6, 6.07) is 44.8. The quantitative estimate of drug-likeness (QED) is 0.169. The van der Waals surface area contributed by atoms with Crippen molar-refractivity contribution >= 4 is 57.2 Å². The monoisotopic (exact) mass is 706 g/mol. The van der Waals surface area contributed by atoms with E-state index in [9.17, 15) is 0 Å². The first kappa shape index (κ1) is 36.0. The van der Waals surface area contributed by atoms with Gasteiger partial charge in [0.05, 0.1) is 5.69 Å². The third-order valence-corrected chi connectivity index (χ3v) is 11.7. The summed E-state index contributed by atoms with van der Waals surface area (Å²) in [6.07, 6.45) is 0. The molecule has 3 heteroatoms. The first-order valence-corrected chi connectivity index (χ1v) is 19.7. The number of anilines is 6. The first-order chi connectivity index (χ1) is 25.4. The van der Waals surface area contributed by atoms with E-state index in [1.807, 2.05) is 0 Å². The van der Waals surface area contributed by atoms with E-state index in [0.29, 0.717) is 0 Å². The Balaban J connectivity index is 1.43. The zero-order valence-electron chi connectivity index (χ0n) is 34.4. The fourth-order valence-electron chi connectivity index (χ4n) is 8.61. The Labute approximate surface area is 325 Å². The third-order valence-electron chi connectivity index (χ3n) is 11.7. The van der Waals surface area contributed by atoms with Crippen LogP contribution in [0.25, 0.3) is 11.1 Å². The molecule has 272 valence electrons. The normalized spacial score (nSPS) is 13.8. The lowest BCUT2D eigenvalue weighted by atomic mass is 9.33. The summed E-state index contributed by atoms with van der Waals surface area (Å²) in [6.45, 7) is 27.5. The van der Waals surface area contributed by atoms with E-state index >= 15 is 0 Å². The second kappa shape index (κ2) is 12.5. The van der Waals surface area contributed by atoms with Gasteiger partial charge in [-0.05, 0) is 130 Å². The number of aryl methyl sites for hydroxylation is 3. The lowest BCUT2D eigenvalue weighted by Gasteiger charge is -2.45. The highest BCUT2D eigenvalue weighted by Gasteiger charge is 2.44. The van der Waals surface area contributed by atoms with E-state index in [4.69, 9.17) is 0 Å². The molecule has 6 aromatic carbocycles. The van der Waals surface area contributed by atoms with E-state index in [2.05, 4.69) is 208 Å². The summed E-state index contributed by atoms with van der Waals surface area (Å²) in [5.74, 6) is 0. The molecule has 2 heterocycles. The predicted octanol–water partition coefficient (Wildman–Crippen LogP) is 12.3. The molecule has 0 saturated carbocycles. The lowest BCUT2D eigenvalue weighted by Crippen LogP contribution is -2.61. The molecule has 2 aliphatic rings. The number of fused-ring (bicyclic) bond motifs is 4. The molecule has 0 aromatic heterocycles. The van der Waals surface area contributed by atoms with Crippen molar-refractivity contribution in [3.8, 4) is 11.1 Å². The van der Waals surface area contributed by atoms with E-state index < -0.39 is 0 Å². The van der Waals surface area contributed by atoms with Crippen molar-refractivity contribution in [2.24, 2.45) is 0 Å². The van der Waals surface area contributed by atoms with Gasteiger partial charge in [-0.25, -0.2) is 0 Å². The zero-order valence-corrected chi connectivity index (χ0v) is 34.4. The predicted molar refractivity (Wildman–Crippen MR) is 236 cm³/mol. The van der Waals surface area contributed by atoms with Crippen molar-refractivity contribution in [1.82, 2.24) is 0 Å². The Hall–Kier alpha value is -5.02. The highest BCUT2D eigenvalue weighted by molar-refractivity contribution is 7.00. The number of benzene rings is 6. The van der Waals surface area contributed by atoms with Crippen molar-refractivity contribution in [2.45, 2.75) is 99.3 Å². The van der Waals surface area contributed by atoms with Crippen molar-refractivity contribution in [3.05, 3.63) is 149 Å². The average molecular weight is 707 g/mol. The SMILES string of the molecule is Cc1ccc2c(c1)B1c3cc(C)ccc3N(c3ccc(C(C)(C)C)cc3-c3ccc(C(C)(C)C)cc3)c3cc(C)cc(c31)N2c1ccc(C(C)(C)C)cc1. The summed E-state index contributed by atoms with van der Waals surface area (Å²) in [5, 5.41) is 0.